The number of ether oxygens (including phenoxy) is 1. The minimum Gasteiger partial charge on any atom is -0.497 e. The van der Waals surface area contributed by atoms with E-state index in [1.165, 1.54) is 34.0 Å². The summed E-state index contributed by atoms with van der Waals surface area (Å²) in [7, 11) is 1.70. The fourth-order valence-corrected chi connectivity index (χ4v) is 3.39. The normalized spacial score (nSPS) is 16.8. The van der Waals surface area contributed by atoms with Crippen LogP contribution in [0.1, 0.15) is 29.2 Å². The molecular weight excluding hydrogens is 326 g/mol. The van der Waals surface area contributed by atoms with Gasteiger partial charge in [-0.2, -0.15) is 0 Å². The number of hydrogen-bond donors (Lipinski definition) is 1. The fourth-order valence-electron chi connectivity index (χ4n) is 2.98. The summed E-state index contributed by atoms with van der Waals surface area (Å²) in [6, 6.07) is 15.5. The molecule has 3 heteroatoms. The molecule has 1 N–H and O–H groups in total. The number of benzene rings is 2. The lowest BCUT2D eigenvalue weighted by molar-refractivity contribution is 0.414. The van der Waals surface area contributed by atoms with E-state index in [2.05, 4.69) is 51.6 Å². The van der Waals surface area contributed by atoms with E-state index in [1.807, 2.05) is 12.1 Å². The zero-order valence-corrected chi connectivity index (χ0v) is 13.8. The number of nitrogens with one attached hydrogen (secondary N) is 1. The highest BCUT2D eigenvalue weighted by atomic mass is 79.9. The Kier molecular flexibility index (Phi) is 4.61. The van der Waals surface area contributed by atoms with Crippen molar-refractivity contribution in [3.63, 3.8) is 0 Å². The molecule has 0 aromatic heterocycles. The fraction of sp³-hybridized carbons (Fsp3) is 0.333. The van der Waals surface area contributed by atoms with E-state index in [0.29, 0.717) is 6.04 Å². The Morgan fingerprint density at radius 2 is 2.00 bits per heavy atom. The van der Waals surface area contributed by atoms with Gasteiger partial charge in [-0.15, -0.1) is 0 Å². The topological polar surface area (TPSA) is 21.3 Å². The molecule has 2 nitrogen and oxygen atoms in total. The van der Waals surface area contributed by atoms with Crippen molar-refractivity contribution >= 4 is 15.9 Å². The molecule has 0 spiro atoms. The van der Waals surface area contributed by atoms with Crippen molar-refractivity contribution in [2.75, 3.05) is 13.7 Å². The van der Waals surface area contributed by atoms with Gasteiger partial charge in [0.25, 0.3) is 0 Å². The van der Waals surface area contributed by atoms with Gasteiger partial charge in [-0.25, -0.2) is 0 Å². The summed E-state index contributed by atoms with van der Waals surface area (Å²) in [5.74, 6) is 0.919. The van der Waals surface area contributed by atoms with E-state index in [4.69, 9.17) is 4.74 Å². The van der Waals surface area contributed by atoms with Gasteiger partial charge in [-0.1, -0.05) is 34.1 Å². The molecule has 0 heterocycles. The van der Waals surface area contributed by atoms with Crippen LogP contribution in [0.5, 0.6) is 5.75 Å². The second-order valence-electron chi connectivity index (χ2n) is 5.49. The predicted octanol–water partition coefficient (Wildman–Crippen LogP) is 4.28. The van der Waals surface area contributed by atoms with Crippen molar-refractivity contribution in [2.24, 2.45) is 0 Å². The minimum atomic E-state index is 0.506. The SMILES string of the molecule is COc1ccc(CCNC2CCc3cc(Br)ccc32)cc1. The number of hydrogen-bond acceptors (Lipinski definition) is 2. The molecule has 2 aromatic rings. The average Bonchev–Trinajstić information content (AvgIpc) is 2.90. The molecule has 1 aliphatic rings. The maximum Gasteiger partial charge on any atom is 0.118 e. The Labute approximate surface area is 134 Å². The van der Waals surface area contributed by atoms with Crippen LogP contribution < -0.4 is 10.1 Å². The van der Waals surface area contributed by atoms with Crippen LogP contribution in [0.15, 0.2) is 46.9 Å². The monoisotopic (exact) mass is 345 g/mol. The summed E-state index contributed by atoms with van der Waals surface area (Å²) in [6.07, 6.45) is 3.43. The molecule has 0 bridgehead atoms. The first-order chi connectivity index (χ1) is 10.3. The molecule has 0 saturated carbocycles. The Bertz CT molecular complexity index is 609. The zero-order chi connectivity index (χ0) is 14.7. The summed E-state index contributed by atoms with van der Waals surface area (Å²) < 4.78 is 6.36. The summed E-state index contributed by atoms with van der Waals surface area (Å²) in [5.41, 5.74) is 4.29. The first-order valence-corrected chi connectivity index (χ1v) is 8.20. The van der Waals surface area contributed by atoms with Gasteiger partial charge >= 0.3 is 0 Å². The third-order valence-electron chi connectivity index (χ3n) is 4.15. The molecule has 1 aliphatic carbocycles. The Hall–Kier alpha value is -1.32. The molecule has 0 fully saturated rings. The molecular formula is C18H20BrNO. The highest BCUT2D eigenvalue weighted by molar-refractivity contribution is 9.10. The van der Waals surface area contributed by atoms with Crippen LogP contribution in [0, 0.1) is 0 Å². The van der Waals surface area contributed by atoms with E-state index in [0.717, 1.165) is 18.7 Å². The van der Waals surface area contributed by atoms with E-state index >= 15 is 0 Å². The lowest BCUT2D eigenvalue weighted by Crippen LogP contribution is -2.21. The van der Waals surface area contributed by atoms with Gasteiger partial charge in [-0.3, -0.25) is 0 Å². The molecule has 2 aromatic carbocycles. The Morgan fingerprint density at radius 3 is 2.76 bits per heavy atom. The molecule has 0 amide bonds. The molecule has 3 rings (SSSR count). The van der Waals surface area contributed by atoms with Gasteiger partial charge in [0.2, 0.25) is 0 Å². The number of rotatable bonds is 5. The van der Waals surface area contributed by atoms with Gasteiger partial charge in [0.05, 0.1) is 7.11 Å². The zero-order valence-electron chi connectivity index (χ0n) is 12.2. The first-order valence-electron chi connectivity index (χ1n) is 7.41. The summed E-state index contributed by atoms with van der Waals surface area (Å²) >= 11 is 3.55. The number of methoxy groups -OCH3 is 1. The lowest BCUT2D eigenvalue weighted by atomic mass is 10.1. The van der Waals surface area contributed by atoms with Crippen LogP contribution in [-0.2, 0) is 12.8 Å². The molecule has 0 aliphatic heterocycles. The number of fused-ring (bicyclic) bond motifs is 1. The van der Waals surface area contributed by atoms with Crippen molar-refractivity contribution in [2.45, 2.75) is 25.3 Å². The van der Waals surface area contributed by atoms with E-state index < -0.39 is 0 Å². The second-order valence-corrected chi connectivity index (χ2v) is 6.40. The maximum atomic E-state index is 5.18. The average molecular weight is 346 g/mol. The molecule has 0 radical (unpaired) electrons. The van der Waals surface area contributed by atoms with E-state index in [-0.39, 0.29) is 0 Å². The Balaban J connectivity index is 1.55. The van der Waals surface area contributed by atoms with Crippen LogP contribution >= 0.6 is 15.9 Å². The molecule has 21 heavy (non-hydrogen) atoms. The van der Waals surface area contributed by atoms with Crippen LogP contribution in [0.25, 0.3) is 0 Å². The quantitative estimate of drug-likeness (QED) is 0.873. The highest BCUT2D eigenvalue weighted by Gasteiger charge is 2.21. The van der Waals surface area contributed by atoms with Crippen molar-refractivity contribution in [3.8, 4) is 5.75 Å². The summed E-state index contributed by atoms with van der Waals surface area (Å²) in [4.78, 5) is 0. The maximum absolute atomic E-state index is 5.18. The predicted molar refractivity (Wildman–Crippen MR) is 89.9 cm³/mol. The second kappa shape index (κ2) is 6.63. The van der Waals surface area contributed by atoms with Gasteiger partial charge < -0.3 is 10.1 Å². The van der Waals surface area contributed by atoms with Crippen molar-refractivity contribution in [1.29, 1.82) is 0 Å². The van der Waals surface area contributed by atoms with Crippen LogP contribution in [-0.4, -0.2) is 13.7 Å². The van der Waals surface area contributed by atoms with E-state index in [1.54, 1.807) is 7.11 Å². The first kappa shape index (κ1) is 14.6. The van der Waals surface area contributed by atoms with E-state index in [9.17, 15) is 0 Å². The van der Waals surface area contributed by atoms with Gasteiger partial charge in [0.15, 0.2) is 0 Å². The largest absolute Gasteiger partial charge is 0.497 e. The van der Waals surface area contributed by atoms with Crippen LogP contribution in [0.4, 0.5) is 0 Å². The number of aryl methyl sites for hydroxylation is 1. The van der Waals surface area contributed by atoms with Crippen molar-refractivity contribution in [1.82, 2.24) is 5.32 Å². The van der Waals surface area contributed by atoms with Crippen LogP contribution in [0.3, 0.4) is 0 Å². The molecule has 1 atom stereocenters. The van der Waals surface area contributed by atoms with Gasteiger partial charge in [0.1, 0.15) is 5.75 Å². The third-order valence-corrected chi connectivity index (χ3v) is 4.64. The smallest absolute Gasteiger partial charge is 0.118 e. The lowest BCUT2D eigenvalue weighted by Gasteiger charge is -2.14. The molecule has 110 valence electrons. The summed E-state index contributed by atoms with van der Waals surface area (Å²) in [6.45, 7) is 1.01. The standard InChI is InChI=1S/C18H20BrNO/c1-21-16-6-2-13(3-7-16)10-11-20-18-9-4-14-12-15(19)5-8-17(14)18/h2-3,5-8,12,18,20H,4,9-11H2,1H3. The van der Waals surface area contributed by atoms with Gasteiger partial charge in [0, 0.05) is 10.5 Å². The molecule has 1 unspecified atom stereocenters. The third kappa shape index (κ3) is 3.47. The van der Waals surface area contributed by atoms with Crippen molar-refractivity contribution < 1.29 is 4.74 Å². The Morgan fingerprint density at radius 1 is 1.19 bits per heavy atom. The van der Waals surface area contributed by atoms with Crippen LogP contribution in [0.2, 0.25) is 0 Å². The molecule has 0 saturated heterocycles. The minimum absolute atomic E-state index is 0.506. The van der Waals surface area contributed by atoms with Crippen molar-refractivity contribution in [3.05, 3.63) is 63.6 Å². The highest BCUT2D eigenvalue weighted by Crippen LogP contribution is 2.32. The van der Waals surface area contributed by atoms with Gasteiger partial charge in [-0.05, 0) is 66.8 Å². The summed E-state index contributed by atoms with van der Waals surface area (Å²) in [5, 5.41) is 3.69. The number of halogens is 1.